The molecule has 0 unspecified atom stereocenters. The van der Waals surface area contributed by atoms with Crippen LogP contribution in [0.1, 0.15) is 5.56 Å². The largest absolute Gasteiger partial charge is 0.332 e. The highest BCUT2D eigenvalue weighted by molar-refractivity contribution is 7.92. The van der Waals surface area contributed by atoms with Crippen LogP contribution >= 0.6 is 0 Å². The van der Waals surface area contributed by atoms with Gasteiger partial charge in [-0.15, -0.1) is 0 Å². The van der Waals surface area contributed by atoms with Crippen molar-refractivity contribution in [2.75, 3.05) is 4.72 Å². The molecule has 2 aromatic rings. The molecule has 0 aliphatic heterocycles. The maximum atomic E-state index is 12.2. The molecule has 1 aromatic heterocycles. The summed E-state index contributed by atoms with van der Waals surface area (Å²) in [4.78, 5) is 23.4. The maximum absolute atomic E-state index is 12.2. The summed E-state index contributed by atoms with van der Waals surface area (Å²) in [6.45, 7) is 1.84. The average molecular weight is 309 g/mol. The second-order valence-corrected chi connectivity index (χ2v) is 6.37. The molecule has 1 heterocycles. The predicted molar refractivity (Wildman–Crippen MR) is 78.9 cm³/mol. The minimum absolute atomic E-state index is 0.0567. The van der Waals surface area contributed by atoms with Crippen molar-refractivity contribution < 1.29 is 8.42 Å². The Morgan fingerprint density at radius 2 is 1.57 bits per heavy atom. The molecular weight excluding hydrogens is 294 g/mol. The second kappa shape index (κ2) is 5.21. The van der Waals surface area contributed by atoms with Gasteiger partial charge < -0.3 is 0 Å². The summed E-state index contributed by atoms with van der Waals surface area (Å²) in [7, 11) is -1.15. The first-order chi connectivity index (χ1) is 9.72. The minimum Gasteiger partial charge on any atom is -0.282 e. The van der Waals surface area contributed by atoms with E-state index < -0.39 is 21.3 Å². The van der Waals surface area contributed by atoms with Crippen LogP contribution in [0.25, 0.3) is 0 Å². The zero-order valence-corrected chi connectivity index (χ0v) is 12.6. The highest BCUT2D eigenvalue weighted by Gasteiger charge is 2.16. The van der Waals surface area contributed by atoms with Gasteiger partial charge in [-0.25, -0.2) is 13.2 Å². The van der Waals surface area contributed by atoms with Gasteiger partial charge in [0.2, 0.25) is 0 Å². The first kappa shape index (κ1) is 15.0. The summed E-state index contributed by atoms with van der Waals surface area (Å²) in [5.74, 6) is -0.0799. The van der Waals surface area contributed by atoms with Crippen molar-refractivity contribution in [3.63, 3.8) is 0 Å². The van der Waals surface area contributed by atoms with Crippen LogP contribution in [0.2, 0.25) is 0 Å². The van der Waals surface area contributed by atoms with Gasteiger partial charge in [0.05, 0.1) is 4.90 Å². The van der Waals surface area contributed by atoms with Crippen molar-refractivity contribution >= 4 is 15.8 Å². The summed E-state index contributed by atoms with van der Waals surface area (Å²) in [6, 6.07) is 7.30. The lowest BCUT2D eigenvalue weighted by molar-refractivity contribution is 0.599. The molecule has 2 rings (SSSR count). The fourth-order valence-corrected chi connectivity index (χ4v) is 2.83. The van der Waals surface area contributed by atoms with E-state index in [1.54, 1.807) is 12.1 Å². The lowest BCUT2D eigenvalue weighted by Crippen LogP contribution is -2.38. The van der Waals surface area contributed by atoms with Gasteiger partial charge in [0.25, 0.3) is 15.6 Å². The summed E-state index contributed by atoms with van der Waals surface area (Å²) in [6.07, 6.45) is 0. The molecule has 0 aliphatic rings. The molecule has 0 bridgehead atoms. The van der Waals surface area contributed by atoms with Crippen molar-refractivity contribution in [3.05, 3.63) is 56.7 Å². The Morgan fingerprint density at radius 1 is 1.00 bits per heavy atom. The molecule has 1 aromatic carbocycles. The van der Waals surface area contributed by atoms with Gasteiger partial charge >= 0.3 is 5.69 Å². The third kappa shape index (κ3) is 2.89. The summed E-state index contributed by atoms with van der Waals surface area (Å²) >= 11 is 0. The molecule has 0 spiro atoms. The third-order valence-corrected chi connectivity index (χ3v) is 4.47. The molecule has 7 nitrogen and oxygen atoms in total. The monoisotopic (exact) mass is 309 g/mol. The normalized spacial score (nSPS) is 11.4. The Bertz CT molecular complexity index is 892. The number of aromatic nitrogens is 2. The third-order valence-electron chi connectivity index (χ3n) is 3.10. The van der Waals surface area contributed by atoms with E-state index in [1.807, 2.05) is 6.92 Å². The van der Waals surface area contributed by atoms with Crippen molar-refractivity contribution in [2.45, 2.75) is 11.8 Å². The molecule has 0 amide bonds. The van der Waals surface area contributed by atoms with Crippen molar-refractivity contribution in [2.24, 2.45) is 14.1 Å². The van der Waals surface area contributed by atoms with Crippen LogP contribution in [0.15, 0.2) is 44.8 Å². The Morgan fingerprint density at radius 3 is 2.14 bits per heavy atom. The van der Waals surface area contributed by atoms with E-state index in [1.165, 1.54) is 26.2 Å². The average Bonchev–Trinajstić information content (AvgIpc) is 2.42. The molecule has 0 atom stereocenters. The first-order valence-electron chi connectivity index (χ1n) is 6.09. The molecular formula is C13H15N3O4S. The van der Waals surface area contributed by atoms with Crippen molar-refractivity contribution in [1.29, 1.82) is 0 Å². The molecule has 0 fully saturated rings. The first-order valence-corrected chi connectivity index (χ1v) is 7.57. The van der Waals surface area contributed by atoms with Crippen LogP contribution in [0.5, 0.6) is 0 Å². The van der Waals surface area contributed by atoms with Gasteiger partial charge in [-0.3, -0.25) is 18.7 Å². The zero-order valence-electron chi connectivity index (χ0n) is 11.8. The molecule has 1 N–H and O–H groups in total. The maximum Gasteiger partial charge on any atom is 0.332 e. The fourth-order valence-electron chi connectivity index (χ4n) is 1.74. The Hall–Kier alpha value is -2.35. The van der Waals surface area contributed by atoms with Crippen molar-refractivity contribution in [3.8, 4) is 0 Å². The van der Waals surface area contributed by atoms with Crippen LogP contribution < -0.4 is 16.0 Å². The van der Waals surface area contributed by atoms with E-state index in [-0.39, 0.29) is 10.7 Å². The van der Waals surface area contributed by atoms with E-state index >= 15 is 0 Å². The van der Waals surface area contributed by atoms with E-state index in [9.17, 15) is 18.0 Å². The highest BCUT2D eigenvalue weighted by atomic mass is 32.2. The van der Waals surface area contributed by atoms with E-state index in [2.05, 4.69) is 4.72 Å². The van der Waals surface area contributed by atoms with Crippen LogP contribution in [-0.4, -0.2) is 17.6 Å². The predicted octanol–water partition coefficient (Wildman–Crippen LogP) is 0.193. The van der Waals surface area contributed by atoms with Gasteiger partial charge in [0.1, 0.15) is 5.82 Å². The summed E-state index contributed by atoms with van der Waals surface area (Å²) in [5, 5.41) is 0. The number of nitrogens with zero attached hydrogens (tertiary/aromatic N) is 2. The number of sulfonamides is 1. The Kier molecular flexibility index (Phi) is 3.73. The number of hydrogen-bond acceptors (Lipinski definition) is 4. The molecule has 0 saturated carbocycles. The quantitative estimate of drug-likeness (QED) is 0.876. The van der Waals surface area contributed by atoms with Crippen LogP contribution in [0, 0.1) is 6.92 Å². The molecule has 21 heavy (non-hydrogen) atoms. The lowest BCUT2D eigenvalue weighted by Gasteiger charge is -2.12. The van der Waals surface area contributed by atoms with Crippen LogP contribution in [0.4, 0.5) is 5.82 Å². The van der Waals surface area contributed by atoms with E-state index in [0.717, 1.165) is 20.8 Å². The van der Waals surface area contributed by atoms with Gasteiger partial charge in [-0.2, -0.15) is 0 Å². The standard InChI is InChI=1S/C13H15N3O4S/c1-9-4-6-10(7-5-9)21(19,20)14-11-8-12(17)16(3)13(18)15(11)2/h4-8,14H,1-3H3. The Labute approximate surface area is 121 Å². The van der Waals surface area contributed by atoms with Gasteiger partial charge in [0, 0.05) is 20.2 Å². The molecule has 8 heteroatoms. The van der Waals surface area contributed by atoms with E-state index in [4.69, 9.17) is 0 Å². The number of rotatable bonds is 3. The lowest BCUT2D eigenvalue weighted by atomic mass is 10.2. The molecule has 0 radical (unpaired) electrons. The van der Waals surface area contributed by atoms with Gasteiger partial charge in [-0.05, 0) is 19.1 Å². The molecule has 0 saturated heterocycles. The van der Waals surface area contributed by atoms with Gasteiger partial charge in [0.15, 0.2) is 0 Å². The molecule has 0 aliphatic carbocycles. The smallest absolute Gasteiger partial charge is 0.282 e. The number of anilines is 1. The van der Waals surface area contributed by atoms with Crippen LogP contribution in [-0.2, 0) is 24.1 Å². The van der Waals surface area contributed by atoms with Crippen LogP contribution in [0.3, 0.4) is 0 Å². The number of hydrogen-bond donors (Lipinski definition) is 1. The SMILES string of the molecule is Cc1ccc(S(=O)(=O)Nc2cc(=O)n(C)c(=O)n2C)cc1. The summed E-state index contributed by atoms with van der Waals surface area (Å²) < 4.78 is 28.7. The fraction of sp³-hybridized carbons (Fsp3) is 0.231. The minimum atomic E-state index is -3.86. The van der Waals surface area contributed by atoms with E-state index in [0.29, 0.717) is 0 Å². The number of aryl methyl sites for hydroxylation is 1. The second-order valence-electron chi connectivity index (χ2n) is 4.69. The zero-order chi connectivity index (χ0) is 15.8. The Balaban J connectivity index is 2.49. The highest BCUT2D eigenvalue weighted by Crippen LogP contribution is 2.14. The van der Waals surface area contributed by atoms with Crippen molar-refractivity contribution in [1.82, 2.24) is 9.13 Å². The number of benzene rings is 1. The molecule has 112 valence electrons. The summed E-state index contributed by atoms with van der Waals surface area (Å²) in [5.41, 5.74) is -0.265. The van der Waals surface area contributed by atoms with Gasteiger partial charge in [-0.1, -0.05) is 17.7 Å². The number of nitrogens with one attached hydrogen (secondary N) is 1. The topological polar surface area (TPSA) is 90.2 Å².